The van der Waals surface area contributed by atoms with Crippen LogP contribution in [0.5, 0.6) is 0 Å². The van der Waals surface area contributed by atoms with Crippen molar-refractivity contribution in [1.29, 1.82) is 0 Å². The quantitative estimate of drug-likeness (QED) is 0.926. The number of rotatable bonds is 4. The molecule has 3 atom stereocenters. The van der Waals surface area contributed by atoms with E-state index in [9.17, 15) is 14.7 Å². The maximum absolute atomic E-state index is 12.4. The monoisotopic (exact) mass is 305 g/mol. The molecular formula is C17H23NO4. The van der Waals surface area contributed by atoms with Crippen LogP contribution < -0.4 is 0 Å². The summed E-state index contributed by atoms with van der Waals surface area (Å²) in [7, 11) is 0. The van der Waals surface area contributed by atoms with Crippen molar-refractivity contribution >= 4 is 12.1 Å². The van der Waals surface area contributed by atoms with Crippen LogP contribution in [0.3, 0.4) is 0 Å². The second-order valence-electron chi connectivity index (χ2n) is 6.20. The number of benzene rings is 1. The Morgan fingerprint density at radius 2 is 2.05 bits per heavy atom. The van der Waals surface area contributed by atoms with Crippen molar-refractivity contribution < 1.29 is 19.4 Å². The summed E-state index contributed by atoms with van der Waals surface area (Å²) in [4.78, 5) is 25.3. The zero-order chi connectivity index (χ0) is 16.3. The third-order valence-electron chi connectivity index (χ3n) is 4.63. The molecule has 22 heavy (non-hydrogen) atoms. The molecular weight excluding hydrogens is 282 g/mol. The molecule has 1 aromatic carbocycles. The summed E-state index contributed by atoms with van der Waals surface area (Å²) in [5.74, 6) is -0.972. The molecule has 1 aromatic rings. The van der Waals surface area contributed by atoms with Crippen molar-refractivity contribution in [2.24, 2.45) is 11.3 Å². The van der Waals surface area contributed by atoms with Crippen LogP contribution in [0.25, 0.3) is 0 Å². The van der Waals surface area contributed by atoms with E-state index in [2.05, 4.69) is 0 Å². The molecule has 1 aliphatic heterocycles. The molecule has 1 saturated heterocycles. The molecule has 1 fully saturated rings. The lowest BCUT2D eigenvalue weighted by atomic mass is 9.81. The van der Waals surface area contributed by atoms with Gasteiger partial charge in [0.15, 0.2) is 0 Å². The van der Waals surface area contributed by atoms with Crippen LogP contribution >= 0.6 is 0 Å². The average Bonchev–Trinajstić information content (AvgIpc) is 2.82. The lowest BCUT2D eigenvalue weighted by Gasteiger charge is -2.23. The first-order chi connectivity index (χ1) is 10.4. The van der Waals surface area contributed by atoms with E-state index >= 15 is 0 Å². The van der Waals surface area contributed by atoms with Crippen molar-refractivity contribution in [2.45, 2.75) is 33.3 Å². The fraction of sp³-hybridized carbons (Fsp3) is 0.529. The smallest absolute Gasteiger partial charge is 0.410 e. The lowest BCUT2D eigenvalue weighted by Crippen LogP contribution is -2.36. The molecule has 1 unspecified atom stereocenters. The fourth-order valence-electron chi connectivity index (χ4n) is 2.82. The second kappa shape index (κ2) is 6.38. The van der Waals surface area contributed by atoms with Gasteiger partial charge in [-0.15, -0.1) is 0 Å². The molecule has 2 rings (SSSR count). The van der Waals surface area contributed by atoms with E-state index in [1.54, 1.807) is 6.92 Å². The zero-order valence-corrected chi connectivity index (χ0v) is 13.3. The molecule has 0 bridgehead atoms. The summed E-state index contributed by atoms with van der Waals surface area (Å²) >= 11 is 0. The maximum atomic E-state index is 12.4. The third kappa shape index (κ3) is 3.08. The van der Waals surface area contributed by atoms with E-state index in [-0.39, 0.29) is 18.6 Å². The van der Waals surface area contributed by atoms with Gasteiger partial charge in [-0.2, -0.15) is 0 Å². The Balaban J connectivity index is 2.05. The standard InChI is InChI=1S/C17H23NO4/c1-4-14(13-8-6-5-7-9-13)22-16(21)18-10-12(2)17(3,11-18)15(19)20/h5-9,12,14H,4,10-11H2,1-3H3,(H,19,20)/t12-,14?,17-/m0/s1. The Hall–Kier alpha value is -2.04. The highest BCUT2D eigenvalue weighted by Crippen LogP contribution is 2.36. The maximum Gasteiger partial charge on any atom is 0.410 e. The van der Waals surface area contributed by atoms with E-state index < -0.39 is 17.5 Å². The minimum atomic E-state index is -0.909. The van der Waals surface area contributed by atoms with Crippen LogP contribution in [0.15, 0.2) is 30.3 Å². The van der Waals surface area contributed by atoms with E-state index in [1.807, 2.05) is 44.2 Å². The Morgan fingerprint density at radius 1 is 1.41 bits per heavy atom. The molecule has 0 spiro atoms. The van der Waals surface area contributed by atoms with Gasteiger partial charge in [0.05, 0.1) is 5.41 Å². The molecule has 0 saturated carbocycles. The number of carbonyl (C=O) groups is 2. The Kier molecular flexibility index (Phi) is 4.74. The number of nitrogens with zero attached hydrogens (tertiary/aromatic N) is 1. The third-order valence-corrected chi connectivity index (χ3v) is 4.63. The average molecular weight is 305 g/mol. The normalized spacial score (nSPS) is 25.8. The predicted molar refractivity (Wildman–Crippen MR) is 82.4 cm³/mol. The van der Waals surface area contributed by atoms with Crippen LogP contribution in [0.2, 0.25) is 0 Å². The zero-order valence-electron chi connectivity index (χ0n) is 13.3. The number of aliphatic carboxylic acids is 1. The van der Waals surface area contributed by atoms with Gasteiger partial charge in [-0.1, -0.05) is 44.2 Å². The van der Waals surface area contributed by atoms with Gasteiger partial charge in [-0.25, -0.2) is 4.79 Å². The summed E-state index contributed by atoms with van der Waals surface area (Å²) in [6.07, 6.45) is -0.0665. The van der Waals surface area contributed by atoms with Crippen LogP contribution in [-0.2, 0) is 9.53 Å². The number of carboxylic acids is 1. The van der Waals surface area contributed by atoms with Gasteiger partial charge in [-0.05, 0) is 24.8 Å². The summed E-state index contributed by atoms with van der Waals surface area (Å²) < 4.78 is 5.59. The summed E-state index contributed by atoms with van der Waals surface area (Å²) in [5.41, 5.74) is 0.0413. The Morgan fingerprint density at radius 3 is 2.55 bits per heavy atom. The van der Waals surface area contributed by atoms with Crippen molar-refractivity contribution in [3.05, 3.63) is 35.9 Å². The topological polar surface area (TPSA) is 66.8 Å². The first kappa shape index (κ1) is 16.3. The van der Waals surface area contributed by atoms with Crippen LogP contribution in [0.1, 0.15) is 38.9 Å². The molecule has 0 aromatic heterocycles. The highest BCUT2D eigenvalue weighted by molar-refractivity contribution is 5.78. The van der Waals surface area contributed by atoms with Gasteiger partial charge in [-0.3, -0.25) is 4.79 Å². The van der Waals surface area contributed by atoms with Crippen LogP contribution in [-0.4, -0.2) is 35.2 Å². The SMILES string of the molecule is CCC(OC(=O)N1C[C@H](C)[C@@](C)(C(=O)O)C1)c1ccccc1. The highest BCUT2D eigenvalue weighted by Gasteiger charge is 2.48. The number of likely N-dealkylation sites (tertiary alicyclic amines) is 1. The summed E-state index contributed by atoms with van der Waals surface area (Å²) in [5, 5.41) is 9.37. The minimum Gasteiger partial charge on any atom is -0.481 e. The molecule has 1 amide bonds. The Bertz CT molecular complexity index is 545. The minimum absolute atomic E-state index is 0.102. The second-order valence-corrected chi connectivity index (χ2v) is 6.20. The molecule has 5 nitrogen and oxygen atoms in total. The molecule has 0 radical (unpaired) electrons. The van der Waals surface area contributed by atoms with Gasteiger partial charge >= 0.3 is 12.1 Å². The molecule has 1 aliphatic rings. The Labute approximate surface area is 130 Å². The van der Waals surface area contributed by atoms with Crippen LogP contribution in [0.4, 0.5) is 4.79 Å². The van der Waals surface area contributed by atoms with Gasteiger partial charge in [0, 0.05) is 13.1 Å². The summed E-state index contributed by atoms with van der Waals surface area (Å²) in [6, 6.07) is 9.58. The molecule has 5 heteroatoms. The number of hydrogen-bond acceptors (Lipinski definition) is 3. The largest absolute Gasteiger partial charge is 0.481 e. The molecule has 1 heterocycles. The number of carboxylic acid groups (broad SMARTS) is 1. The fourth-order valence-corrected chi connectivity index (χ4v) is 2.82. The molecule has 1 N–H and O–H groups in total. The number of carbonyl (C=O) groups excluding carboxylic acids is 1. The summed E-state index contributed by atoms with van der Waals surface area (Å²) in [6.45, 7) is 6.09. The van der Waals surface area contributed by atoms with Crippen LogP contribution in [0, 0.1) is 11.3 Å². The van der Waals surface area contributed by atoms with E-state index in [1.165, 1.54) is 4.90 Å². The van der Waals surface area contributed by atoms with Gasteiger partial charge in [0.25, 0.3) is 0 Å². The van der Waals surface area contributed by atoms with Crippen molar-refractivity contribution in [2.75, 3.05) is 13.1 Å². The van der Waals surface area contributed by atoms with E-state index in [4.69, 9.17) is 4.74 Å². The highest BCUT2D eigenvalue weighted by atomic mass is 16.6. The first-order valence-electron chi connectivity index (χ1n) is 7.62. The molecule has 120 valence electrons. The van der Waals surface area contributed by atoms with E-state index in [0.717, 1.165) is 5.56 Å². The van der Waals surface area contributed by atoms with Gasteiger partial charge in [0.2, 0.25) is 0 Å². The molecule has 0 aliphatic carbocycles. The van der Waals surface area contributed by atoms with Crippen molar-refractivity contribution in [3.8, 4) is 0 Å². The lowest BCUT2D eigenvalue weighted by molar-refractivity contribution is -0.148. The number of hydrogen-bond donors (Lipinski definition) is 1. The van der Waals surface area contributed by atoms with Crippen molar-refractivity contribution in [3.63, 3.8) is 0 Å². The van der Waals surface area contributed by atoms with Gasteiger partial charge in [0.1, 0.15) is 6.10 Å². The predicted octanol–water partition coefficient (Wildman–Crippen LogP) is 3.32. The van der Waals surface area contributed by atoms with E-state index in [0.29, 0.717) is 13.0 Å². The number of ether oxygens (including phenoxy) is 1. The van der Waals surface area contributed by atoms with Gasteiger partial charge < -0.3 is 14.7 Å². The number of amides is 1. The first-order valence-corrected chi connectivity index (χ1v) is 7.62. The van der Waals surface area contributed by atoms with Crippen molar-refractivity contribution in [1.82, 2.24) is 4.90 Å².